The van der Waals surface area contributed by atoms with E-state index in [1.165, 1.54) is 0 Å². The van der Waals surface area contributed by atoms with Crippen molar-refractivity contribution in [1.82, 2.24) is 10.3 Å². The van der Waals surface area contributed by atoms with Crippen LogP contribution in [-0.2, 0) is 4.74 Å². The highest BCUT2D eigenvalue weighted by atomic mass is 16.5. The van der Waals surface area contributed by atoms with Crippen molar-refractivity contribution in [3.63, 3.8) is 0 Å². The molecule has 86 valence electrons. The molecule has 1 N–H and O–H groups in total. The molecule has 0 spiro atoms. The second-order valence-electron chi connectivity index (χ2n) is 3.88. The van der Waals surface area contributed by atoms with E-state index in [0.29, 0.717) is 6.04 Å². The van der Waals surface area contributed by atoms with Crippen LogP contribution in [0.1, 0.15) is 38.0 Å². The molecule has 4 nitrogen and oxygen atoms in total. The molecule has 0 aliphatic heterocycles. The molecule has 1 rings (SSSR count). The van der Waals surface area contributed by atoms with Gasteiger partial charge >= 0.3 is 0 Å². The van der Waals surface area contributed by atoms with Crippen molar-refractivity contribution in [2.24, 2.45) is 0 Å². The normalized spacial score (nSPS) is 15.2. The van der Waals surface area contributed by atoms with Gasteiger partial charge in [-0.25, -0.2) is 4.98 Å². The van der Waals surface area contributed by atoms with E-state index < -0.39 is 0 Å². The summed E-state index contributed by atoms with van der Waals surface area (Å²) in [5.74, 6) is 1.60. The molecular weight excluding hydrogens is 192 g/mol. The van der Waals surface area contributed by atoms with Crippen LogP contribution in [-0.4, -0.2) is 24.7 Å². The topological polar surface area (TPSA) is 47.3 Å². The van der Waals surface area contributed by atoms with Gasteiger partial charge in [0.05, 0.1) is 12.2 Å². The first-order valence-electron chi connectivity index (χ1n) is 5.30. The zero-order chi connectivity index (χ0) is 11.3. The summed E-state index contributed by atoms with van der Waals surface area (Å²) in [6.07, 6.45) is 2.73. The Balaban J connectivity index is 2.38. The zero-order valence-corrected chi connectivity index (χ0v) is 9.91. The Kier molecular flexibility index (Phi) is 4.78. The fourth-order valence-electron chi connectivity index (χ4n) is 1.45. The van der Waals surface area contributed by atoms with Gasteiger partial charge in [-0.15, -0.1) is 0 Å². The Morgan fingerprint density at radius 2 is 2.27 bits per heavy atom. The highest BCUT2D eigenvalue weighted by molar-refractivity contribution is 4.95. The fraction of sp³-hybridized carbons (Fsp3) is 0.727. The maximum absolute atomic E-state index is 5.45. The average molecular weight is 212 g/mol. The molecule has 2 unspecified atom stereocenters. The number of aromatic nitrogens is 1. The minimum atomic E-state index is 0.144. The van der Waals surface area contributed by atoms with Crippen molar-refractivity contribution in [2.45, 2.75) is 39.3 Å². The number of rotatable bonds is 6. The predicted molar refractivity (Wildman–Crippen MR) is 58.7 cm³/mol. The molecule has 1 heterocycles. The molecule has 0 amide bonds. The standard InChI is InChI=1S/C11H20N2O2/c1-8(5-6-14-4)13-10(3)11-12-7-9(2)15-11/h7-8,10,13H,5-6H2,1-4H3. The van der Waals surface area contributed by atoms with E-state index in [4.69, 9.17) is 9.15 Å². The molecule has 0 saturated carbocycles. The van der Waals surface area contributed by atoms with Crippen molar-refractivity contribution in [3.05, 3.63) is 17.8 Å². The maximum Gasteiger partial charge on any atom is 0.211 e. The first-order chi connectivity index (χ1) is 7.13. The maximum atomic E-state index is 5.45. The lowest BCUT2D eigenvalue weighted by atomic mass is 10.2. The Labute approximate surface area is 91.0 Å². The molecule has 0 aliphatic rings. The lowest BCUT2D eigenvalue weighted by Crippen LogP contribution is -2.30. The number of nitrogens with zero attached hydrogens (tertiary/aromatic N) is 1. The summed E-state index contributed by atoms with van der Waals surface area (Å²) in [7, 11) is 1.72. The van der Waals surface area contributed by atoms with E-state index in [2.05, 4.69) is 24.1 Å². The molecule has 0 aromatic carbocycles. The largest absolute Gasteiger partial charge is 0.444 e. The molecule has 0 radical (unpaired) electrons. The molecule has 2 atom stereocenters. The van der Waals surface area contributed by atoms with Gasteiger partial charge in [-0.1, -0.05) is 0 Å². The van der Waals surface area contributed by atoms with Crippen molar-refractivity contribution in [3.8, 4) is 0 Å². The molecule has 4 heteroatoms. The summed E-state index contributed by atoms with van der Waals surface area (Å²) in [6, 6.07) is 0.540. The third kappa shape index (κ3) is 4.01. The van der Waals surface area contributed by atoms with Gasteiger partial charge in [0.15, 0.2) is 0 Å². The van der Waals surface area contributed by atoms with Gasteiger partial charge in [0, 0.05) is 19.8 Å². The van der Waals surface area contributed by atoms with Crippen LogP contribution in [0, 0.1) is 6.92 Å². The van der Waals surface area contributed by atoms with Crippen LogP contribution >= 0.6 is 0 Å². The summed E-state index contributed by atoms with van der Waals surface area (Å²) in [6.45, 7) is 6.85. The van der Waals surface area contributed by atoms with Crippen LogP contribution in [0.25, 0.3) is 0 Å². The number of methoxy groups -OCH3 is 1. The minimum Gasteiger partial charge on any atom is -0.444 e. The van der Waals surface area contributed by atoms with E-state index in [0.717, 1.165) is 24.7 Å². The van der Waals surface area contributed by atoms with Crippen LogP contribution < -0.4 is 5.32 Å². The quantitative estimate of drug-likeness (QED) is 0.784. The monoisotopic (exact) mass is 212 g/mol. The number of ether oxygens (including phenoxy) is 1. The number of hydrogen-bond acceptors (Lipinski definition) is 4. The molecule has 0 bridgehead atoms. The van der Waals surface area contributed by atoms with Crippen LogP contribution in [0.15, 0.2) is 10.6 Å². The Hall–Kier alpha value is -0.870. The lowest BCUT2D eigenvalue weighted by Gasteiger charge is -2.17. The summed E-state index contributed by atoms with van der Waals surface area (Å²) >= 11 is 0. The molecule has 1 aromatic rings. The lowest BCUT2D eigenvalue weighted by molar-refractivity contribution is 0.182. The van der Waals surface area contributed by atoms with Crippen molar-refractivity contribution in [2.75, 3.05) is 13.7 Å². The van der Waals surface area contributed by atoms with E-state index in [-0.39, 0.29) is 6.04 Å². The molecule has 0 aliphatic carbocycles. The van der Waals surface area contributed by atoms with Gasteiger partial charge in [-0.2, -0.15) is 0 Å². The van der Waals surface area contributed by atoms with E-state index >= 15 is 0 Å². The molecule has 1 aromatic heterocycles. The van der Waals surface area contributed by atoms with Gasteiger partial charge in [-0.3, -0.25) is 0 Å². The zero-order valence-electron chi connectivity index (χ0n) is 9.91. The SMILES string of the molecule is COCCC(C)NC(C)c1ncc(C)o1. The van der Waals surface area contributed by atoms with Crippen LogP contribution in [0.4, 0.5) is 0 Å². The number of nitrogens with one attached hydrogen (secondary N) is 1. The third-order valence-electron chi connectivity index (χ3n) is 2.30. The minimum absolute atomic E-state index is 0.144. The van der Waals surface area contributed by atoms with Gasteiger partial charge < -0.3 is 14.5 Å². The molecular formula is C11H20N2O2. The summed E-state index contributed by atoms with van der Waals surface area (Å²) in [5.41, 5.74) is 0. The predicted octanol–water partition coefficient (Wildman–Crippen LogP) is 2.06. The van der Waals surface area contributed by atoms with Gasteiger partial charge in [0.25, 0.3) is 0 Å². The molecule has 0 saturated heterocycles. The van der Waals surface area contributed by atoms with Gasteiger partial charge in [0.1, 0.15) is 5.76 Å². The van der Waals surface area contributed by atoms with Crippen LogP contribution in [0.5, 0.6) is 0 Å². The Bertz CT molecular complexity index is 286. The Morgan fingerprint density at radius 3 is 2.80 bits per heavy atom. The van der Waals surface area contributed by atoms with Crippen molar-refractivity contribution < 1.29 is 9.15 Å². The highest BCUT2D eigenvalue weighted by Crippen LogP contribution is 2.13. The number of oxazole rings is 1. The van der Waals surface area contributed by atoms with Gasteiger partial charge in [-0.05, 0) is 27.2 Å². The van der Waals surface area contributed by atoms with E-state index in [9.17, 15) is 0 Å². The summed E-state index contributed by atoms with van der Waals surface area (Å²) in [5, 5.41) is 3.41. The van der Waals surface area contributed by atoms with E-state index in [1.807, 2.05) is 6.92 Å². The second-order valence-corrected chi connectivity index (χ2v) is 3.88. The smallest absolute Gasteiger partial charge is 0.211 e. The Morgan fingerprint density at radius 1 is 1.53 bits per heavy atom. The third-order valence-corrected chi connectivity index (χ3v) is 2.30. The summed E-state index contributed by atoms with van der Waals surface area (Å²) < 4.78 is 10.5. The van der Waals surface area contributed by atoms with Crippen molar-refractivity contribution >= 4 is 0 Å². The fourth-order valence-corrected chi connectivity index (χ4v) is 1.45. The number of hydrogen-bond donors (Lipinski definition) is 1. The van der Waals surface area contributed by atoms with Gasteiger partial charge in [0.2, 0.25) is 5.89 Å². The molecule has 0 fully saturated rings. The second kappa shape index (κ2) is 5.88. The number of aryl methyl sites for hydroxylation is 1. The van der Waals surface area contributed by atoms with Crippen LogP contribution in [0.3, 0.4) is 0 Å². The first-order valence-corrected chi connectivity index (χ1v) is 5.30. The van der Waals surface area contributed by atoms with Crippen molar-refractivity contribution in [1.29, 1.82) is 0 Å². The van der Waals surface area contributed by atoms with E-state index in [1.54, 1.807) is 13.3 Å². The highest BCUT2D eigenvalue weighted by Gasteiger charge is 2.13. The average Bonchev–Trinajstić information content (AvgIpc) is 2.61. The molecule has 15 heavy (non-hydrogen) atoms. The summed E-state index contributed by atoms with van der Waals surface area (Å²) in [4.78, 5) is 4.19. The first kappa shape index (κ1) is 12.2. The van der Waals surface area contributed by atoms with Crippen LogP contribution in [0.2, 0.25) is 0 Å².